The normalized spacial score (nSPS) is 17.7. The number of carbonyl (C=O) groups is 1. The predicted octanol–water partition coefficient (Wildman–Crippen LogP) is 3.58. The zero-order chi connectivity index (χ0) is 18.6. The fourth-order valence-electron chi connectivity index (χ4n) is 3.83. The van der Waals surface area contributed by atoms with Gasteiger partial charge in [0.25, 0.3) is 0 Å². The molecule has 1 aromatic heterocycles. The Kier molecular flexibility index (Phi) is 5.05. The lowest BCUT2D eigenvalue weighted by Gasteiger charge is -2.30. The van der Waals surface area contributed by atoms with E-state index in [9.17, 15) is 4.79 Å². The highest BCUT2D eigenvalue weighted by Crippen LogP contribution is 2.31. The molecule has 1 aliphatic heterocycles. The molecule has 0 radical (unpaired) electrons. The molecule has 2 heterocycles. The standard InChI is InChI=1S/C21H24N4O2/c1-27-17-12-10-16(11-13-17)19-8-3-2-6-14-24(19)21(26)15-25-20-9-5-4-7-18(20)22-23-25/h4-5,7,9-13,19H,2-3,6,8,14-15H2,1H3. The molecule has 27 heavy (non-hydrogen) atoms. The third-order valence-corrected chi connectivity index (χ3v) is 5.28. The summed E-state index contributed by atoms with van der Waals surface area (Å²) in [5.74, 6) is 0.924. The minimum atomic E-state index is 0.0911. The van der Waals surface area contributed by atoms with Crippen molar-refractivity contribution in [2.75, 3.05) is 13.7 Å². The molecule has 0 aliphatic carbocycles. The summed E-state index contributed by atoms with van der Waals surface area (Å²) in [6, 6.07) is 15.9. The second-order valence-electron chi connectivity index (χ2n) is 6.96. The third-order valence-electron chi connectivity index (χ3n) is 5.28. The molecule has 1 atom stereocenters. The van der Waals surface area contributed by atoms with Crippen LogP contribution in [0.2, 0.25) is 0 Å². The van der Waals surface area contributed by atoms with E-state index in [2.05, 4.69) is 22.4 Å². The van der Waals surface area contributed by atoms with Gasteiger partial charge in [0, 0.05) is 6.54 Å². The zero-order valence-corrected chi connectivity index (χ0v) is 15.5. The van der Waals surface area contributed by atoms with Crippen molar-refractivity contribution in [1.82, 2.24) is 19.9 Å². The molecule has 0 spiro atoms. The van der Waals surface area contributed by atoms with E-state index < -0.39 is 0 Å². The van der Waals surface area contributed by atoms with Gasteiger partial charge in [-0.2, -0.15) is 0 Å². The maximum atomic E-state index is 13.2. The van der Waals surface area contributed by atoms with E-state index in [0.29, 0.717) is 0 Å². The van der Waals surface area contributed by atoms with Gasteiger partial charge in [0.2, 0.25) is 5.91 Å². The molecule has 140 valence electrons. The molecule has 6 nitrogen and oxygen atoms in total. The van der Waals surface area contributed by atoms with Crippen LogP contribution in [-0.2, 0) is 11.3 Å². The highest BCUT2D eigenvalue weighted by molar-refractivity contribution is 5.80. The first-order chi connectivity index (χ1) is 13.3. The average molecular weight is 364 g/mol. The fraction of sp³-hybridized carbons (Fsp3) is 0.381. The quantitative estimate of drug-likeness (QED) is 0.710. The molecule has 0 N–H and O–H groups in total. The van der Waals surface area contributed by atoms with Gasteiger partial charge in [0.15, 0.2) is 0 Å². The van der Waals surface area contributed by atoms with Gasteiger partial charge in [0.1, 0.15) is 17.8 Å². The second kappa shape index (κ2) is 7.78. The summed E-state index contributed by atoms with van der Waals surface area (Å²) in [5, 5.41) is 8.34. The van der Waals surface area contributed by atoms with E-state index in [1.807, 2.05) is 41.3 Å². The Bertz CT molecular complexity index is 919. The smallest absolute Gasteiger partial charge is 0.244 e. The lowest BCUT2D eigenvalue weighted by atomic mass is 10.0. The number of nitrogens with zero attached hydrogens (tertiary/aromatic N) is 4. The molecular weight excluding hydrogens is 340 g/mol. The summed E-state index contributed by atoms with van der Waals surface area (Å²) in [6.07, 6.45) is 4.31. The Morgan fingerprint density at radius 1 is 1.11 bits per heavy atom. The van der Waals surface area contributed by atoms with Crippen LogP contribution >= 0.6 is 0 Å². The molecule has 1 aliphatic rings. The first kappa shape index (κ1) is 17.5. The van der Waals surface area contributed by atoms with Crippen LogP contribution in [0.25, 0.3) is 11.0 Å². The highest BCUT2D eigenvalue weighted by Gasteiger charge is 2.27. The molecule has 1 amide bonds. The fourth-order valence-corrected chi connectivity index (χ4v) is 3.83. The van der Waals surface area contributed by atoms with Crippen LogP contribution < -0.4 is 4.74 Å². The van der Waals surface area contributed by atoms with Crippen LogP contribution in [-0.4, -0.2) is 39.5 Å². The Morgan fingerprint density at radius 2 is 1.93 bits per heavy atom. The van der Waals surface area contributed by atoms with Crippen molar-refractivity contribution in [2.24, 2.45) is 0 Å². The Labute approximate surface area is 158 Å². The number of rotatable bonds is 4. The number of benzene rings is 2. The van der Waals surface area contributed by atoms with Gasteiger partial charge >= 0.3 is 0 Å². The highest BCUT2D eigenvalue weighted by atomic mass is 16.5. The van der Waals surface area contributed by atoms with Crippen LogP contribution in [0.3, 0.4) is 0 Å². The molecule has 4 rings (SSSR count). The molecule has 2 aromatic carbocycles. The van der Waals surface area contributed by atoms with Crippen LogP contribution in [0.15, 0.2) is 48.5 Å². The van der Waals surface area contributed by atoms with Gasteiger partial charge < -0.3 is 9.64 Å². The summed E-state index contributed by atoms with van der Waals surface area (Å²) in [6.45, 7) is 0.995. The minimum Gasteiger partial charge on any atom is -0.497 e. The first-order valence-electron chi connectivity index (χ1n) is 9.48. The van der Waals surface area contributed by atoms with Crippen molar-refractivity contribution in [2.45, 2.75) is 38.3 Å². The van der Waals surface area contributed by atoms with E-state index >= 15 is 0 Å². The van der Waals surface area contributed by atoms with Crippen LogP contribution in [0.5, 0.6) is 5.75 Å². The van der Waals surface area contributed by atoms with E-state index in [1.54, 1.807) is 11.8 Å². The summed E-state index contributed by atoms with van der Waals surface area (Å²) < 4.78 is 6.97. The van der Waals surface area contributed by atoms with Crippen molar-refractivity contribution < 1.29 is 9.53 Å². The number of para-hydroxylation sites is 1. The third kappa shape index (κ3) is 3.65. The average Bonchev–Trinajstić information content (AvgIpc) is 2.95. The minimum absolute atomic E-state index is 0.0911. The predicted molar refractivity (Wildman–Crippen MR) is 103 cm³/mol. The van der Waals surface area contributed by atoms with Crippen molar-refractivity contribution in [1.29, 1.82) is 0 Å². The van der Waals surface area contributed by atoms with Crippen LogP contribution in [0.4, 0.5) is 0 Å². The summed E-state index contributed by atoms with van der Waals surface area (Å²) in [7, 11) is 1.67. The van der Waals surface area contributed by atoms with E-state index in [1.165, 1.54) is 0 Å². The lowest BCUT2D eigenvalue weighted by molar-refractivity contribution is -0.134. The molecule has 3 aromatic rings. The van der Waals surface area contributed by atoms with Gasteiger partial charge in [-0.05, 0) is 42.7 Å². The molecule has 1 fully saturated rings. The SMILES string of the molecule is COc1ccc(C2CCCCCN2C(=O)Cn2nnc3ccccc32)cc1. The Morgan fingerprint density at radius 3 is 2.74 bits per heavy atom. The number of fused-ring (bicyclic) bond motifs is 1. The molecule has 1 unspecified atom stereocenters. The molecular formula is C21H24N4O2. The molecule has 0 bridgehead atoms. The summed E-state index contributed by atoms with van der Waals surface area (Å²) in [4.78, 5) is 15.2. The Balaban J connectivity index is 1.58. The zero-order valence-electron chi connectivity index (χ0n) is 15.5. The van der Waals surface area contributed by atoms with Gasteiger partial charge in [-0.3, -0.25) is 4.79 Å². The number of methoxy groups -OCH3 is 1. The van der Waals surface area contributed by atoms with Gasteiger partial charge in [-0.25, -0.2) is 4.68 Å². The maximum absolute atomic E-state index is 13.2. The first-order valence-corrected chi connectivity index (χ1v) is 9.48. The van der Waals surface area contributed by atoms with E-state index in [4.69, 9.17) is 4.74 Å². The lowest BCUT2D eigenvalue weighted by Crippen LogP contribution is -2.37. The number of carbonyl (C=O) groups excluding carboxylic acids is 1. The Hall–Kier alpha value is -2.89. The number of ether oxygens (including phenoxy) is 1. The van der Waals surface area contributed by atoms with E-state index in [0.717, 1.165) is 54.6 Å². The largest absolute Gasteiger partial charge is 0.497 e. The topological polar surface area (TPSA) is 60.2 Å². The summed E-state index contributed by atoms with van der Waals surface area (Å²) >= 11 is 0. The molecule has 1 saturated heterocycles. The van der Waals surface area contributed by atoms with Gasteiger partial charge in [-0.1, -0.05) is 42.3 Å². The van der Waals surface area contributed by atoms with Crippen molar-refractivity contribution in [3.8, 4) is 5.75 Å². The van der Waals surface area contributed by atoms with Crippen LogP contribution in [0, 0.1) is 0 Å². The van der Waals surface area contributed by atoms with Gasteiger partial charge in [-0.15, -0.1) is 5.10 Å². The van der Waals surface area contributed by atoms with Crippen LogP contribution in [0.1, 0.15) is 37.3 Å². The van der Waals surface area contributed by atoms with Crippen molar-refractivity contribution in [3.63, 3.8) is 0 Å². The van der Waals surface area contributed by atoms with Crippen molar-refractivity contribution in [3.05, 3.63) is 54.1 Å². The van der Waals surface area contributed by atoms with E-state index in [-0.39, 0.29) is 18.5 Å². The summed E-state index contributed by atoms with van der Waals surface area (Å²) in [5.41, 5.74) is 2.86. The number of hydrogen-bond donors (Lipinski definition) is 0. The maximum Gasteiger partial charge on any atom is 0.244 e. The molecule has 0 saturated carbocycles. The number of amides is 1. The monoisotopic (exact) mass is 364 g/mol. The molecule has 6 heteroatoms. The second-order valence-corrected chi connectivity index (χ2v) is 6.96. The number of likely N-dealkylation sites (tertiary alicyclic amines) is 1. The number of aromatic nitrogens is 3. The number of hydrogen-bond acceptors (Lipinski definition) is 4. The van der Waals surface area contributed by atoms with Gasteiger partial charge in [0.05, 0.1) is 18.7 Å². The van der Waals surface area contributed by atoms with Crippen molar-refractivity contribution >= 4 is 16.9 Å².